The molecule has 1 atom stereocenters. The number of benzene rings is 2. The lowest BCUT2D eigenvalue weighted by Gasteiger charge is -2.24. The second kappa shape index (κ2) is 10.2. The Morgan fingerprint density at radius 2 is 1.96 bits per heavy atom. The topological polar surface area (TPSA) is 20.3 Å². The van der Waals surface area contributed by atoms with Gasteiger partial charge in [-0.25, -0.2) is 4.39 Å². The fraction of sp³-hybridized carbons (Fsp3) is 0.273. The zero-order valence-electron chi connectivity index (χ0n) is 15.4. The minimum Gasteiger partial charge on any atom is -0.308 e. The van der Waals surface area contributed by atoms with Crippen LogP contribution in [0, 0.1) is 9.39 Å². The predicted molar refractivity (Wildman–Crippen MR) is 120 cm³/mol. The molecule has 2 aromatic rings. The molecule has 2 aromatic carbocycles. The van der Waals surface area contributed by atoms with Gasteiger partial charge in [-0.2, -0.15) is 0 Å². The smallest absolute Gasteiger partial charge is 0.258 e. The van der Waals surface area contributed by atoms with Crippen molar-refractivity contribution < 1.29 is 9.18 Å². The zero-order valence-corrected chi connectivity index (χ0v) is 19.2. The van der Waals surface area contributed by atoms with Crippen LogP contribution in [0.3, 0.4) is 0 Å². The van der Waals surface area contributed by atoms with Crippen molar-refractivity contribution in [1.82, 2.24) is 4.90 Å². The van der Waals surface area contributed by atoms with Gasteiger partial charge in [0.15, 0.2) is 0 Å². The third-order valence-electron chi connectivity index (χ3n) is 4.44. The maximum atomic E-state index is 13.3. The van der Waals surface area contributed by atoms with Crippen LogP contribution in [0.2, 0.25) is 0 Å². The molecule has 27 heavy (non-hydrogen) atoms. The van der Waals surface area contributed by atoms with Crippen molar-refractivity contribution in [1.29, 1.82) is 0 Å². The summed E-state index contributed by atoms with van der Waals surface area (Å²) >= 11 is 5.63. The number of hydrogen-bond acceptors (Lipinski definition) is 1. The number of carbonyl (C=O) groups excluding carboxylic acids is 1. The van der Waals surface area contributed by atoms with Crippen molar-refractivity contribution in [3.05, 3.63) is 85.5 Å². The predicted octanol–water partition coefficient (Wildman–Crippen LogP) is 6.91. The van der Waals surface area contributed by atoms with Gasteiger partial charge < -0.3 is 4.90 Å². The highest BCUT2D eigenvalue weighted by atomic mass is 127. The Morgan fingerprint density at radius 1 is 1.30 bits per heavy atom. The van der Waals surface area contributed by atoms with E-state index in [1.807, 2.05) is 30.3 Å². The van der Waals surface area contributed by atoms with Crippen molar-refractivity contribution in [3.8, 4) is 0 Å². The summed E-state index contributed by atoms with van der Waals surface area (Å²) in [7, 11) is 1.75. The average molecular weight is 542 g/mol. The van der Waals surface area contributed by atoms with Crippen LogP contribution in [0.4, 0.5) is 4.39 Å². The molecule has 0 saturated heterocycles. The lowest BCUT2D eigenvalue weighted by Crippen LogP contribution is -2.27. The summed E-state index contributed by atoms with van der Waals surface area (Å²) in [4.78, 5) is 14.5. The zero-order chi connectivity index (χ0) is 20.0. The second-order valence-electron chi connectivity index (χ2n) is 6.39. The Bertz CT molecular complexity index is 839. The Balaban J connectivity index is 2.24. The molecule has 0 radical (unpaired) electrons. The second-order valence-corrected chi connectivity index (χ2v) is 8.55. The van der Waals surface area contributed by atoms with Crippen LogP contribution >= 0.6 is 38.5 Å². The van der Waals surface area contributed by atoms with E-state index in [1.165, 1.54) is 12.1 Å². The Hall–Kier alpha value is -1.43. The summed E-state index contributed by atoms with van der Waals surface area (Å²) in [6.07, 6.45) is 2.55. The number of nitrogens with zero attached hydrogens (tertiary/aromatic N) is 1. The summed E-state index contributed by atoms with van der Waals surface area (Å²) in [6.45, 7) is 5.90. The minimum absolute atomic E-state index is 0.102. The maximum absolute atomic E-state index is 13.3. The molecule has 0 saturated carbocycles. The Kier molecular flexibility index (Phi) is 8.27. The molecule has 0 aromatic heterocycles. The molecule has 0 heterocycles. The first-order valence-corrected chi connectivity index (χ1v) is 10.6. The van der Waals surface area contributed by atoms with E-state index in [0.717, 1.165) is 32.1 Å². The molecule has 0 aliphatic heterocycles. The SMILES string of the molecule is C=C=C(C[C@H](CCC)c1ccc(F)cc1)N(C)C(=O)c1cc(Br)cc(I)c1. The molecule has 0 unspecified atom stereocenters. The molecule has 0 fully saturated rings. The third-order valence-corrected chi connectivity index (χ3v) is 5.52. The molecule has 0 N–H and O–H groups in total. The van der Waals surface area contributed by atoms with Crippen molar-refractivity contribution in [2.45, 2.75) is 32.1 Å². The first-order chi connectivity index (χ1) is 12.8. The highest BCUT2D eigenvalue weighted by Crippen LogP contribution is 2.30. The van der Waals surface area contributed by atoms with Gasteiger partial charge in [-0.15, -0.1) is 5.73 Å². The Morgan fingerprint density at radius 3 is 2.52 bits per heavy atom. The van der Waals surface area contributed by atoms with Gasteiger partial charge in [-0.3, -0.25) is 4.79 Å². The fourth-order valence-corrected chi connectivity index (χ4v) is 4.62. The summed E-state index contributed by atoms with van der Waals surface area (Å²) in [6, 6.07) is 12.2. The van der Waals surface area contributed by atoms with Gasteiger partial charge in [-0.05, 0) is 70.8 Å². The van der Waals surface area contributed by atoms with Crippen molar-refractivity contribution >= 4 is 44.4 Å². The van der Waals surface area contributed by atoms with Gasteiger partial charge in [0.2, 0.25) is 0 Å². The normalized spacial score (nSPS) is 11.6. The first kappa shape index (κ1) is 21.9. The van der Waals surface area contributed by atoms with Crippen LogP contribution in [0.25, 0.3) is 0 Å². The quantitative estimate of drug-likeness (QED) is 0.275. The number of carbonyl (C=O) groups is 1. The summed E-state index contributed by atoms with van der Waals surface area (Å²) in [5, 5.41) is 0. The molecule has 0 bridgehead atoms. The largest absolute Gasteiger partial charge is 0.308 e. The lowest BCUT2D eigenvalue weighted by molar-refractivity contribution is 0.0831. The first-order valence-electron chi connectivity index (χ1n) is 8.74. The number of rotatable bonds is 7. The van der Waals surface area contributed by atoms with Crippen LogP contribution < -0.4 is 0 Å². The standard InChI is InChI=1S/C22H22BrFINO/c1-4-6-16(15-7-9-19(24)10-8-15)13-21(5-2)26(3)22(27)17-11-18(23)14-20(25)12-17/h7-12,14,16H,2,4,6,13H2,1,3H3/t16-/m0/s1. The van der Waals surface area contributed by atoms with Gasteiger partial charge in [-0.1, -0.05) is 48.0 Å². The number of allylic oxidation sites excluding steroid dienone is 1. The third kappa shape index (κ3) is 6.03. The number of amides is 1. The molecule has 0 aliphatic carbocycles. The number of hydrogen-bond donors (Lipinski definition) is 0. The fourth-order valence-electron chi connectivity index (χ4n) is 3.02. The van der Waals surface area contributed by atoms with Crippen LogP contribution in [-0.2, 0) is 0 Å². The molecule has 2 nitrogen and oxygen atoms in total. The summed E-state index contributed by atoms with van der Waals surface area (Å²) in [5.41, 5.74) is 5.34. The average Bonchev–Trinajstić information content (AvgIpc) is 2.64. The Labute approximate surface area is 182 Å². The van der Waals surface area contributed by atoms with Gasteiger partial charge in [0.05, 0.1) is 5.70 Å². The van der Waals surface area contributed by atoms with E-state index in [4.69, 9.17) is 0 Å². The lowest BCUT2D eigenvalue weighted by atomic mass is 9.90. The highest BCUT2D eigenvalue weighted by molar-refractivity contribution is 14.1. The molecule has 5 heteroatoms. The van der Waals surface area contributed by atoms with Crippen LogP contribution in [-0.4, -0.2) is 17.9 Å². The van der Waals surface area contributed by atoms with Gasteiger partial charge >= 0.3 is 0 Å². The molecule has 142 valence electrons. The van der Waals surface area contributed by atoms with E-state index in [-0.39, 0.29) is 17.6 Å². The van der Waals surface area contributed by atoms with Crippen LogP contribution in [0.15, 0.2) is 64.9 Å². The molecule has 1 amide bonds. The summed E-state index contributed by atoms with van der Waals surface area (Å²) in [5.74, 6) is -0.169. The van der Waals surface area contributed by atoms with Gasteiger partial charge in [0, 0.05) is 27.1 Å². The van der Waals surface area contributed by atoms with Crippen molar-refractivity contribution in [3.63, 3.8) is 0 Å². The molecule has 2 rings (SSSR count). The molecular weight excluding hydrogens is 520 g/mol. The van der Waals surface area contributed by atoms with Gasteiger partial charge in [0.25, 0.3) is 5.91 Å². The maximum Gasteiger partial charge on any atom is 0.258 e. The van der Waals surface area contributed by atoms with E-state index in [0.29, 0.717) is 12.0 Å². The van der Waals surface area contributed by atoms with Gasteiger partial charge in [0.1, 0.15) is 5.82 Å². The highest BCUT2D eigenvalue weighted by Gasteiger charge is 2.20. The van der Waals surface area contributed by atoms with Crippen molar-refractivity contribution in [2.75, 3.05) is 7.05 Å². The monoisotopic (exact) mass is 541 g/mol. The molecule has 0 aliphatic rings. The van der Waals surface area contributed by atoms with E-state index in [9.17, 15) is 9.18 Å². The van der Waals surface area contributed by atoms with Crippen molar-refractivity contribution in [2.24, 2.45) is 0 Å². The van der Waals surface area contributed by atoms with Crippen LogP contribution in [0.5, 0.6) is 0 Å². The molecule has 0 spiro atoms. The van der Waals surface area contributed by atoms with E-state index < -0.39 is 0 Å². The summed E-state index contributed by atoms with van der Waals surface area (Å²) < 4.78 is 15.1. The van der Waals surface area contributed by atoms with E-state index >= 15 is 0 Å². The minimum atomic E-state index is -0.245. The van der Waals surface area contributed by atoms with E-state index in [1.54, 1.807) is 11.9 Å². The number of halogens is 3. The van der Waals surface area contributed by atoms with Crippen LogP contribution in [0.1, 0.15) is 48.0 Å². The van der Waals surface area contributed by atoms with E-state index in [2.05, 4.69) is 57.8 Å². The molecular formula is C22H22BrFINO.